The number of anilines is 1. The molecule has 0 aromatic carbocycles. The quantitative estimate of drug-likeness (QED) is 0.319. The third-order valence-corrected chi connectivity index (χ3v) is 6.89. The maximum atomic E-state index is 5.53. The third-order valence-electron chi connectivity index (χ3n) is 6.89. The van der Waals surface area contributed by atoms with Gasteiger partial charge in [0.2, 0.25) is 0 Å². The van der Waals surface area contributed by atoms with Crippen molar-refractivity contribution in [3.05, 3.63) is 23.9 Å². The Kier molecular flexibility index (Phi) is 10.8. The molecule has 32 heavy (non-hydrogen) atoms. The van der Waals surface area contributed by atoms with Gasteiger partial charge in [0.15, 0.2) is 5.96 Å². The van der Waals surface area contributed by atoms with Crippen LogP contribution in [0.2, 0.25) is 0 Å². The molecule has 7 nitrogen and oxygen atoms in total. The van der Waals surface area contributed by atoms with Crippen molar-refractivity contribution in [3.63, 3.8) is 0 Å². The lowest BCUT2D eigenvalue weighted by molar-refractivity contribution is 0.150. The number of aromatic nitrogens is 1. The van der Waals surface area contributed by atoms with E-state index in [1.165, 1.54) is 57.1 Å². The van der Waals surface area contributed by atoms with Crippen LogP contribution in [0.4, 0.5) is 5.82 Å². The number of ether oxygens (including phenoxy) is 1. The number of hydrogen-bond acceptors (Lipinski definition) is 5. The zero-order valence-corrected chi connectivity index (χ0v) is 21.9. The van der Waals surface area contributed by atoms with E-state index in [-0.39, 0.29) is 24.0 Å². The summed E-state index contributed by atoms with van der Waals surface area (Å²) in [4.78, 5) is 14.1. The average Bonchev–Trinajstić information content (AvgIpc) is 3.16. The van der Waals surface area contributed by atoms with Gasteiger partial charge in [-0.3, -0.25) is 4.99 Å². The van der Waals surface area contributed by atoms with Gasteiger partial charge < -0.3 is 25.2 Å². The molecule has 180 valence electrons. The minimum Gasteiger partial charge on any atom is -0.381 e. The standard InChI is InChI=1S/C24H40N6O.HI/c1-25-24(28-22-7-13-29(14-8-22)18-21-9-15-31-19-21)27-17-20-6-10-26-23(16-20)30-11-4-2-3-5-12-30;/h6,10,16,21-22H,2-5,7-9,11-15,17-19H2,1H3,(H2,25,27,28);1H. The van der Waals surface area contributed by atoms with Crippen LogP contribution >= 0.6 is 24.0 Å². The summed E-state index contributed by atoms with van der Waals surface area (Å²) < 4.78 is 5.53. The Balaban J connectivity index is 0.00000289. The molecule has 1 aromatic rings. The first-order valence-corrected chi connectivity index (χ1v) is 12.3. The van der Waals surface area contributed by atoms with Crippen LogP contribution < -0.4 is 15.5 Å². The van der Waals surface area contributed by atoms with Crippen molar-refractivity contribution in [2.45, 2.75) is 57.5 Å². The maximum Gasteiger partial charge on any atom is 0.191 e. The molecule has 0 saturated carbocycles. The molecule has 1 aromatic heterocycles. The summed E-state index contributed by atoms with van der Waals surface area (Å²) in [6.07, 6.45) is 10.7. The van der Waals surface area contributed by atoms with Gasteiger partial charge in [-0.05, 0) is 55.7 Å². The monoisotopic (exact) mass is 556 g/mol. The molecule has 1 atom stereocenters. The summed E-state index contributed by atoms with van der Waals surface area (Å²) in [5.74, 6) is 2.75. The van der Waals surface area contributed by atoms with E-state index in [1.54, 1.807) is 0 Å². The van der Waals surface area contributed by atoms with Crippen molar-refractivity contribution in [2.24, 2.45) is 10.9 Å². The smallest absolute Gasteiger partial charge is 0.191 e. The Labute approximate surface area is 210 Å². The Morgan fingerprint density at radius 1 is 1.12 bits per heavy atom. The van der Waals surface area contributed by atoms with Crippen molar-refractivity contribution < 1.29 is 4.74 Å². The van der Waals surface area contributed by atoms with Crippen molar-refractivity contribution in [1.29, 1.82) is 0 Å². The van der Waals surface area contributed by atoms with Gasteiger partial charge in [-0.25, -0.2) is 4.98 Å². The number of nitrogens with one attached hydrogen (secondary N) is 2. The maximum absolute atomic E-state index is 5.53. The number of pyridine rings is 1. The molecule has 3 aliphatic rings. The summed E-state index contributed by atoms with van der Waals surface area (Å²) in [5.41, 5.74) is 1.26. The van der Waals surface area contributed by atoms with Crippen LogP contribution in [0.15, 0.2) is 23.3 Å². The molecule has 0 amide bonds. The van der Waals surface area contributed by atoms with Crippen LogP contribution in [0, 0.1) is 5.92 Å². The molecule has 8 heteroatoms. The summed E-state index contributed by atoms with van der Waals surface area (Å²) in [5, 5.41) is 7.15. The molecule has 0 radical (unpaired) electrons. The van der Waals surface area contributed by atoms with Gasteiger partial charge in [0, 0.05) is 65.2 Å². The van der Waals surface area contributed by atoms with Gasteiger partial charge in [0.05, 0.1) is 6.61 Å². The highest BCUT2D eigenvalue weighted by molar-refractivity contribution is 14.0. The van der Waals surface area contributed by atoms with Gasteiger partial charge >= 0.3 is 0 Å². The van der Waals surface area contributed by atoms with E-state index in [4.69, 9.17) is 4.74 Å². The Morgan fingerprint density at radius 3 is 2.59 bits per heavy atom. The number of aliphatic imine (C=N–C) groups is 1. The molecule has 1 unspecified atom stereocenters. The highest BCUT2D eigenvalue weighted by Gasteiger charge is 2.24. The van der Waals surface area contributed by atoms with Crippen LogP contribution in [0.25, 0.3) is 0 Å². The van der Waals surface area contributed by atoms with E-state index in [0.717, 1.165) is 63.6 Å². The lowest BCUT2D eigenvalue weighted by atomic mass is 10.0. The lowest BCUT2D eigenvalue weighted by Crippen LogP contribution is -2.49. The fraction of sp³-hybridized carbons (Fsp3) is 0.750. The van der Waals surface area contributed by atoms with Crippen LogP contribution in [0.5, 0.6) is 0 Å². The minimum atomic E-state index is 0. The van der Waals surface area contributed by atoms with E-state index in [0.29, 0.717) is 6.04 Å². The first kappa shape index (κ1) is 25.5. The van der Waals surface area contributed by atoms with Crippen LogP contribution in [0.3, 0.4) is 0 Å². The number of hydrogen-bond donors (Lipinski definition) is 2. The molecule has 3 saturated heterocycles. The Bertz CT molecular complexity index is 695. The average molecular weight is 557 g/mol. The van der Waals surface area contributed by atoms with Gasteiger partial charge in [-0.1, -0.05) is 12.8 Å². The number of halogens is 1. The topological polar surface area (TPSA) is 65.0 Å². The zero-order valence-electron chi connectivity index (χ0n) is 19.6. The fourth-order valence-electron chi connectivity index (χ4n) is 4.97. The van der Waals surface area contributed by atoms with Crippen molar-refractivity contribution in [1.82, 2.24) is 20.5 Å². The van der Waals surface area contributed by atoms with Crippen molar-refractivity contribution >= 4 is 35.8 Å². The number of guanidine groups is 1. The molecular formula is C24H41IN6O. The van der Waals surface area contributed by atoms with Gasteiger partial charge in [-0.15, -0.1) is 24.0 Å². The second kappa shape index (κ2) is 13.5. The highest BCUT2D eigenvalue weighted by Crippen LogP contribution is 2.19. The van der Waals surface area contributed by atoms with Crippen molar-refractivity contribution in [2.75, 3.05) is 57.9 Å². The summed E-state index contributed by atoms with van der Waals surface area (Å²) in [7, 11) is 1.86. The number of piperidine rings is 1. The summed E-state index contributed by atoms with van der Waals surface area (Å²) >= 11 is 0. The summed E-state index contributed by atoms with van der Waals surface area (Å²) in [6, 6.07) is 4.83. The molecule has 3 aliphatic heterocycles. The molecule has 2 N–H and O–H groups in total. The van der Waals surface area contributed by atoms with E-state index in [2.05, 4.69) is 42.5 Å². The highest BCUT2D eigenvalue weighted by atomic mass is 127. The number of rotatable bonds is 6. The first-order valence-electron chi connectivity index (χ1n) is 12.3. The van der Waals surface area contributed by atoms with E-state index in [9.17, 15) is 0 Å². The first-order chi connectivity index (χ1) is 15.3. The largest absolute Gasteiger partial charge is 0.381 e. The molecular weight excluding hydrogens is 515 g/mol. The molecule has 0 spiro atoms. The van der Waals surface area contributed by atoms with Crippen LogP contribution in [-0.4, -0.2) is 74.9 Å². The predicted octanol–water partition coefficient (Wildman–Crippen LogP) is 3.25. The lowest BCUT2D eigenvalue weighted by Gasteiger charge is -2.34. The van der Waals surface area contributed by atoms with Crippen LogP contribution in [0.1, 0.15) is 50.5 Å². The fourth-order valence-corrected chi connectivity index (χ4v) is 4.97. The normalized spacial score (nSPS) is 23.5. The Morgan fingerprint density at radius 2 is 1.91 bits per heavy atom. The third kappa shape index (κ3) is 7.73. The number of nitrogens with zero attached hydrogens (tertiary/aromatic N) is 4. The van der Waals surface area contributed by atoms with E-state index < -0.39 is 0 Å². The number of likely N-dealkylation sites (tertiary alicyclic amines) is 1. The second-order valence-corrected chi connectivity index (χ2v) is 9.30. The predicted molar refractivity (Wildman–Crippen MR) is 142 cm³/mol. The molecule has 4 rings (SSSR count). The molecule has 0 aliphatic carbocycles. The molecule has 0 bridgehead atoms. The van der Waals surface area contributed by atoms with Gasteiger partial charge in [-0.2, -0.15) is 0 Å². The molecule has 3 fully saturated rings. The SMILES string of the molecule is CN=C(NCc1ccnc(N2CCCCCC2)c1)NC1CCN(CC2CCOC2)CC1.I. The van der Waals surface area contributed by atoms with E-state index in [1.807, 2.05) is 13.2 Å². The zero-order chi connectivity index (χ0) is 21.3. The van der Waals surface area contributed by atoms with Crippen molar-refractivity contribution in [3.8, 4) is 0 Å². The second-order valence-electron chi connectivity index (χ2n) is 9.30. The van der Waals surface area contributed by atoms with Gasteiger partial charge in [0.1, 0.15) is 5.82 Å². The van der Waals surface area contributed by atoms with Crippen LogP contribution in [-0.2, 0) is 11.3 Å². The van der Waals surface area contributed by atoms with Gasteiger partial charge in [0.25, 0.3) is 0 Å². The minimum absolute atomic E-state index is 0. The Hall–Kier alpha value is -1.13. The molecule has 4 heterocycles. The summed E-state index contributed by atoms with van der Waals surface area (Å²) in [6.45, 7) is 8.43. The van der Waals surface area contributed by atoms with E-state index >= 15 is 0 Å².